The van der Waals surface area contributed by atoms with E-state index in [2.05, 4.69) is 20.5 Å². The number of aryl methyl sites for hydroxylation is 2. The second kappa shape index (κ2) is 12.6. The van der Waals surface area contributed by atoms with Crippen molar-refractivity contribution in [3.8, 4) is 0 Å². The lowest BCUT2D eigenvalue weighted by atomic mass is 10.1. The number of hydrogen-bond donors (Lipinski definition) is 5. The summed E-state index contributed by atoms with van der Waals surface area (Å²) in [5, 5.41) is 10.7. The third kappa shape index (κ3) is 6.84. The van der Waals surface area contributed by atoms with Crippen LogP contribution in [0.2, 0.25) is 0 Å². The highest BCUT2D eigenvalue weighted by Crippen LogP contribution is 2.27. The van der Waals surface area contributed by atoms with Gasteiger partial charge in [0.1, 0.15) is 14.1 Å². The van der Waals surface area contributed by atoms with Gasteiger partial charge in [0.15, 0.2) is 18.6 Å². The van der Waals surface area contributed by atoms with E-state index in [1.54, 1.807) is 12.1 Å². The Balaban J connectivity index is 0.00000210. The lowest BCUT2D eigenvalue weighted by molar-refractivity contribution is -0.671. The van der Waals surface area contributed by atoms with Crippen molar-refractivity contribution in [2.45, 2.75) is 0 Å². The predicted molar refractivity (Wildman–Crippen MR) is 149 cm³/mol. The largest absolute Gasteiger partial charge is 1.00 e. The van der Waals surface area contributed by atoms with Crippen LogP contribution < -0.4 is 70.5 Å². The Hall–Kier alpha value is -4.15. The Labute approximate surface area is 248 Å². The van der Waals surface area contributed by atoms with Gasteiger partial charge < -0.3 is 61.4 Å². The van der Waals surface area contributed by atoms with Crippen LogP contribution >= 0.6 is 0 Å². The maximum absolute atomic E-state index is 12.9. The highest BCUT2D eigenvalue weighted by molar-refractivity contribution is 6.08. The van der Waals surface area contributed by atoms with Gasteiger partial charge in [-0.2, -0.15) is 0 Å². The standard InChI is InChI=1S/C29H27N7O.2BrH/c1-35-14-11-22(12-15-35)32-23-8-9-24(26(31)18-23)29(37)34-21-6-4-20(5-7-21)33-27-13-16-36(2)28-10-3-19(30)17-25(27)28;;/h3-18H,30H2,1-2H3,(H3,31,34,37);2*1H. The molecule has 1 amide bonds. The lowest BCUT2D eigenvalue weighted by Gasteiger charge is -2.12. The van der Waals surface area contributed by atoms with Gasteiger partial charge in [-0.1, -0.05) is 0 Å². The van der Waals surface area contributed by atoms with Gasteiger partial charge in [-0.25, -0.2) is 9.13 Å². The van der Waals surface area contributed by atoms with Gasteiger partial charge in [0.2, 0.25) is 5.52 Å². The van der Waals surface area contributed by atoms with E-state index in [4.69, 9.17) is 11.5 Å². The van der Waals surface area contributed by atoms with Gasteiger partial charge in [-0.05, 0) is 54.6 Å². The molecule has 0 bridgehead atoms. The van der Waals surface area contributed by atoms with E-state index in [1.807, 2.05) is 104 Å². The third-order valence-corrected chi connectivity index (χ3v) is 6.14. The van der Waals surface area contributed by atoms with Crippen molar-refractivity contribution in [3.63, 3.8) is 0 Å². The normalized spacial score (nSPS) is 10.2. The van der Waals surface area contributed by atoms with Crippen LogP contribution in [0.5, 0.6) is 0 Å². The molecule has 5 aromatic rings. The number of pyridine rings is 2. The number of anilines is 7. The molecule has 0 aliphatic heterocycles. The minimum Gasteiger partial charge on any atom is -1.00 e. The molecule has 0 aliphatic rings. The molecule has 0 atom stereocenters. The molecule has 7 N–H and O–H groups in total. The summed E-state index contributed by atoms with van der Waals surface area (Å²) >= 11 is 0. The Morgan fingerprint density at radius 3 is 2.03 bits per heavy atom. The quantitative estimate of drug-likeness (QED) is 0.112. The number of halogens is 2. The number of carbonyl (C=O) groups excluding carboxylic acids is 1. The first kappa shape index (κ1) is 29.4. The van der Waals surface area contributed by atoms with E-state index in [9.17, 15) is 4.79 Å². The molecule has 0 radical (unpaired) electrons. The van der Waals surface area contributed by atoms with E-state index in [1.165, 1.54) is 0 Å². The minimum atomic E-state index is -0.270. The number of nitrogen functional groups attached to an aromatic ring is 2. The summed E-state index contributed by atoms with van der Waals surface area (Å²) in [6.45, 7) is 0. The van der Waals surface area contributed by atoms with Crippen LogP contribution in [0, 0.1) is 0 Å². The van der Waals surface area contributed by atoms with Crippen molar-refractivity contribution < 1.29 is 47.9 Å². The smallest absolute Gasteiger partial charge is 0.257 e. The zero-order valence-corrected chi connectivity index (χ0v) is 24.6. The second-order valence-corrected chi connectivity index (χ2v) is 8.95. The maximum atomic E-state index is 12.9. The lowest BCUT2D eigenvalue weighted by Crippen LogP contribution is -3.00. The maximum Gasteiger partial charge on any atom is 0.257 e. The van der Waals surface area contributed by atoms with E-state index in [0.717, 1.165) is 33.7 Å². The van der Waals surface area contributed by atoms with Crippen LogP contribution in [0.15, 0.2) is 97.5 Å². The molecule has 0 fully saturated rings. The van der Waals surface area contributed by atoms with E-state index < -0.39 is 0 Å². The van der Waals surface area contributed by atoms with Gasteiger partial charge in [0, 0.05) is 52.7 Å². The number of nitrogens with zero attached hydrogens (tertiary/aromatic N) is 2. The van der Waals surface area contributed by atoms with Crippen molar-refractivity contribution in [3.05, 3.63) is 103 Å². The van der Waals surface area contributed by atoms with Crippen molar-refractivity contribution in [1.82, 2.24) is 0 Å². The average molecular weight is 651 g/mol. The first-order chi connectivity index (χ1) is 17.9. The fourth-order valence-corrected chi connectivity index (χ4v) is 4.13. The predicted octanol–water partition coefficient (Wildman–Crippen LogP) is -1.60. The van der Waals surface area contributed by atoms with Crippen LogP contribution in [0.3, 0.4) is 0 Å². The monoisotopic (exact) mass is 649 g/mol. The van der Waals surface area contributed by atoms with Gasteiger partial charge in [-0.15, -0.1) is 0 Å². The molecule has 0 aliphatic carbocycles. The van der Waals surface area contributed by atoms with Crippen LogP contribution in [-0.4, -0.2) is 5.91 Å². The first-order valence-electron chi connectivity index (χ1n) is 11.8. The van der Waals surface area contributed by atoms with Gasteiger partial charge >= 0.3 is 0 Å². The summed E-state index contributed by atoms with van der Waals surface area (Å²) in [6.07, 6.45) is 5.90. The zero-order valence-electron chi connectivity index (χ0n) is 21.5. The summed E-state index contributed by atoms with van der Waals surface area (Å²) in [5.74, 6) is -0.270. The molecule has 8 nitrogen and oxygen atoms in total. The summed E-state index contributed by atoms with van der Waals surface area (Å²) in [5.41, 5.74) is 19.1. The Morgan fingerprint density at radius 2 is 1.33 bits per heavy atom. The van der Waals surface area contributed by atoms with Crippen LogP contribution in [0.25, 0.3) is 10.9 Å². The van der Waals surface area contributed by atoms with Crippen molar-refractivity contribution >= 4 is 56.6 Å². The molecule has 5 rings (SSSR count). The van der Waals surface area contributed by atoms with Crippen molar-refractivity contribution in [2.24, 2.45) is 14.1 Å². The molecule has 0 saturated carbocycles. The molecular formula is C29H29Br2N7O. The van der Waals surface area contributed by atoms with Crippen molar-refractivity contribution in [2.75, 3.05) is 27.4 Å². The number of aromatic nitrogens is 2. The summed E-state index contributed by atoms with van der Waals surface area (Å²) in [7, 11) is 3.96. The van der Waals surface area contributed by atoms with Gasteiger partial charge in [0.05, 0.1) is 22.3 Å². The zero-order chi connectivity index (χ0) is 25.9. The highest BCUT2D eigenvalue weighted by Gasteiger charge is 2.13. The van der Waals surface area contributed by atoms with E-state index >= 15 is 0 Å². The number of hydrogen-bond acceptors (Lipinski definition) is 5. The molecule has 3 aromatic carbocycles. The number of fused-ring (bicyclic) bond motifs is 1. The molecule has 200 valence electrons. The van der Waals surface area contributed by atoms with Crippen LogP contribution in [0.1, 0.15) is 10.4 Å². The molecule has 39 heavy (non-hydrogen) atoms. The second-order valence-electron chi connectivity index (χ2n) is 8.95. The third-order valence-electron chi connectivity index (χ3n) is 6.14. The number of rotatable bonds is 6. The summed E-state index contributed by atoms with van der Waals surface area (Å²) in [4.78, 5) is 12.9. The molecular weight excluding hydrogens is 622 g/mol. The topological polar surface area (TPSA) is 113 Å². The number of nitrogens with one attached hydrogen (secondary N) is 3. The average Bonchev–Trinajstić information content (AvgIpc) is 2.88. The fourth-order valence-electron chi connectivity index (χ4n) is 4.13. The number of carbonyl (C=O) groups is 1. The molecule has 0 unspecified atom stereocenters. The number of nitrogens with two attached hydrogens (primary N) is 2. The molecule has 2 aromatic heterocycles. The summed E-state index contributed by atoms with van der Waals surface area (Å²) < 4.78 is 4.00. The number of benzene rings is 3. The fraction of sp³-hybridized carbons (Fsp3) is 0.0690. The molecule has 2 heterocycles. The van der Waals surface area contributed by atoms with Gasteiger partial charge in [-0.3, -0.25) is 4.79 Å². The van der Waals surface area contributed by atoms with Crippen LogP contribution in [-0.2, 0) is 14.1 Å². The SMILES string of the molecule is C[n+]1ccc(Nc2ccc(C(=O)Nc3ccc(Nc4cc[n+](C)c5ccc(N)cc45)cc3)c(N)c2)cc1.[Br-].[Br-]. The highest BCUT2D eigenvalue weighted by atomic mass is 79.9. The van der Waals surface area contributed by atoms with Crippen molar-refractivity contribution in [1.29, 1.82) is 0 Å². The Morgan fingerprint density at radius 1 is 0.692 bits per heavy atom. The Bertz CT molecular complexity index is 1610. The number of amides is 1. The molecule has 0 saturated heterocycles. The van der Waals surface area contributed by atoms with E-state index in [-0.39, 0.29) is 39.9 Å². The molecule has 10 heteroatoms. The minimum absolute atomic E-state index is 0. The van der Waals surface area contributed by atoms with E-state index in [0.29, 0.717) is 22.6 Å². The molecule has 0 spiro atoms. The first-order valence-corrected chi connectivity index (χ1v) is 11.8. The Kier molecular flexibility index (Phi) is 9.50. The summed E-state index contributed by atoms with van der Waals surface area (Å²) in [6, 6.07) is 24.6. The van der Waals surface area contributed by atoms with Gasteiger partial charge in [0.25, 0.3) is 5.91 Å². The van der Waals surface area contributed by atoms with Crippen LogP contribution in [0.4, 0.5) is 39.8 Å².